The van der Waals surface area contributed by atoms with E-state index in [1.165, 1.54) is 6.21 Å². The quantitative estimate of drug-likeness (QED) is 0.576. The van der Waals surface area contributed by atoms with Gasteiger partial charge in [0, 0.05) is 17.7 Å². The Morgan fingerprint density at radius 3 is 2.82 bits per heavy atom. The largest absolute Gasteiger partial charge is 0.317 e. The van der Waals surface area contributed by atoms with E-state index in [0.29, 0.717) is 17.1 Å². The van der Waals surface area contributed by atoms with Crippen LogP contribution in [-0.4, -0.2) is 29.3 Å². The highest BCUT2D eigenvalue weighted by Gasteiger charge is 2.22. The number of rotatable bonds is 5. The molecule has 2 heterocycles. The molecule has 0 saturated carbocycles. The van der Waals surface area contributed by atoms with Gasteiger partial charge in [0.25, 0.3) is 5.56 Å². The lowest BCUT2D eigenvalue weighted by atomic mass is 9.94. The molecule has 1 fully saturated rings. The molecule has 1 aliphatic heterocycles. The monoisotopic (exact) mass is 320 g/mol. The van der Waals surface area contributed by atoms with Gasteiger partial charge in [-0.1, -0.05) is 30.7 Å². The number of halogens is 1. The van der Waals surface area contributed by atoms with Crippen LogP contribution in [0.2, 0.25) is 5.02 Å². The Kier molecular flexibility index (Phi) is 6.10. The molecule has 2 rings (SSSR count). The molecule has 1 saturated heterocycles. The Hall–Kier alpha value is -1.72. The molecule has 1 aromatic rings. The van der Waals surface area contributed by atoms with Gasteiger partial charge in [-0.05, 0) is 38.4 Å². The van der Waals surface area contributed by atoms with E-state index in [2.05, 4.69) is 15.3 Å². The highest BCUT2D eigenvalue weighted by atomic mass is 35.5. The number of H-pyrrole nitrogens is 1. The maximum absolute atomic E-state index is 12.1. The Bertz CT molecular complexity index is 642. The normalized spacial score (nSPS) is 17.1. The van der Waals surface area contributed by atoms with Crippen molar-refractivity contribution in [3.63, 3.8) is 0 Å². The fraction of sp³-hybridized carbons (Fsp3) is 0.438. The first-order valence-corrected chi connectivity index (χ1v) is 7.93. The lowest BCUT2D eigenvalue weighted by Gasteiger charge is -2.23. The summed E-state index contributed by atoms with van der Waals surface area (Å²) in [6.07, 6.45) is 9.35. The van der Waals surface area contributed by atoms with Crippen LogP contribution < -0.4 is 10.9 Å². The van der Waals surface area contributed by atoms with Crippen molar-refractivity contribution in [1.82, 2.24) is 15.3 Å². The van der Waals surface area contributed by atoms with Crippen LogP contribution >= 0.6 is 11.6 Å². The molecule has 0 aromatic carbocycles. The van der Waals surface area contributed by atoms with E-state index in [1.54, 1.807) is 6.08 Å². The summed E-state index contributed by atoms with van der Waals surface area (Å²) < 4.78 is 0. The van der Waals surface area contributed by atoms with E-state index in [1.807, 2.05) is 19.1 Å². The van der Waals surface area contributed by atoms with E-state index >= 15 is 0 Å². The third-order valence-electron chi connectivity index (χ3n) is 3.68. The van der Waals surface area contributed by atoms with Crippen molar-refractivity contribution in [1.29, 1.82) is 5.41 Å². The lowest BCUT2D eigenvalue weighted by molar-refractivity contribution is 0.452. The zero-order valence-electron chi connectivity index (χ0n) is 12.7. The summed E-state index contributed by atoms with van der Waals surface area (Å²) in [7, 11) is 0. The van der Waals surface area contributed by atoms with Crippen molar-refractivity contribution < 1.29 is 0 Å². The van der Waals surface area contributed by atoms with Crippen molar-refractivity contribution >= 4 is 23.4 Å². The Labute approximate surface area is 135 Å². The van der Waals surface area contributed by atoms with Gasteiger partial charge in [0.15, 0.2) is 0 Å². The zero-order valence-corrected chi connectivity index (χ0v) is 13.4. The predicted molar refractivity (Wildman–Crippen MR) is 90.9 cm³/mol. The smallest absolute Gasteiger partial charge is 0.270 e. The highest BCUT2D eigenvalue weighted by Crippen LogP contribution is 2.28. The Morgan fingerprint density at radius 2 is 2.18 bits per heavy atom. The van der Waals surface area contributed by atoms with Crippen LogP contribution in [0.4, 0.5) is 0 Å². The van der Waals surface area contributed by atoms with Crippen molar-refractivity contribution in [2.75, 3.05) is 13.1 Å². The molecule has 6 heteroatoms. The van der Waals surface area contributed by atoms with Crippen LogP contribution in [0.15, 0.2) is 23.0 Å². The number of nitrogens with one attached hydrogen (secondary N) is 3. The molecule has 3 N–H and O–H groups in total. The van der Waals surface area contributed by atoms with Crippen LogP contribution in [-0.2, 0) is 0 Å². The van der Waals surface area contributed by atoms with Crippen molar-refractivity contribution in [3.05, 3.63) is 45.1 Å². The van der Waals surface area contributed by atoms with Gasteiger partial charge < -0.3 is 15.7 Å². The minimum atomic E-state index is -0.319. The fourth-order valence-corrected chi connectivity index (χ4v) is 2.77. The van der Waals surface area contributed by atoms with Crippen molar-refractivity contribution in [3.8, 4) is 0 Å². The summed E-state index contributed by atoms with van der Waals surface area (Å²) in [5.74, 6) is 0.669. The Morgan fingerprint density at radius 1 is 1.45 bits per heavy atom. The van der Waals surface area contributed by atoms with Crippen LogP contribution in [0.3, 0.4) is 0 Å². The maximum atomic E-state index is 12.1. The number of aromatic nitrogens is 2. The molecule has 22 heavy (non-hydrogen) atoms. The summed E-state index contributed by atoms with van der Waals surface area (Å²) in [6, 6.07) is 0. The van der Waals surface area contributed by atoms with Crippen LogP contribution in [0.25, 0.3) is 5.57 Å². The summed E-state index contributed by atoms with van der Waals surface area (Å²) in [5.41, 5.74) is 1.06. The van der Waals surface area contributed by atoms with Gasteiger partial charge in [-0.25, -0.2) is 4.98 Å². The molecule has 1 aliphatic rings. The zero-order chi connectivity index (χ0) is 15.9. The maximum Gasteiger partial charge on any atom is 0.270 e. The second kappa shape index (κ2) is 8.06. The molecule has 0 bridgehead atoms. The third kappa shape index (κ3) is 3.93. The minimum Gasteiger partial charge on any atom is -0.317 e. The summed E-state index contributed by atoms with van der Waals surface area (Å²) >= 11 is 6.18. The van der Waals surface area contributed by atoms with E-state index in [-0.39, 0.29) is 16.5 Å². The molecule has 0 spiro atoms. The third-order valence-corrected chi connectivity index (χ3v) is 4.05. The van der Waals surface area contributed by atoms with Crippen LogP contribution in [0, 0.1) is 5.41 Å². The van der Waals surface area contributed by atoms with Crippen molar-refractivity contribution in [2.45, 2.75) is 32.1 Å². The van der Waals surface area contributed by atoms with Gasteiger partial charge in [0.05, 0.1) is 5.69 Å². The van der Waals surface area contributed by atoms with Gasteiger partial charge in [-0.2, -0.15) is 0 Å². The number of piperidine rings is 1. The molecule has 5 nitrogen and oxygen atoms in total. The number of nitrogens with zero attached hydrogens (tertiary/aromatic N) is 1. The van der Waals surface area contributed by atoms with E-state index in [9.17, 15) is 4.79 Å². The first kappa shape index (κ1) is 16.6. The first-order chi connectivity index (χ1) is 10.7. The molecule has 0 radical (unpaired) electrons. The van der Waals surface area contributed by atoms with Gasteiger partial charge in [-0.3, -0.25) is 4.79 Å². The van der Waals surface area contributed by atoms with Crippen molar-refractivity contribution in [2.24, 2.45) is 0 Å². The second-order valence-electron chi connectivity index (χ2n) is 5.24. The van der Waals surface area contributed by atoms with E-state index < -0.39 is 0 Å². The number of allylic oxidation sites excluding steroid dienone is 4. The number of hydrogen-bond donors (Lipinski definition) is 3. The molecular weight excluding hydrogens is 300 g/mol. The minimum absolute atomic E-state index is 0.185. The van der Waals surface area contributed by atoms with E-state index in [4.69, 9.17) is 17.0 Å². The van der Waals surface area contributed by atoms with Crippen LogP contribution in [0.5, 0.6) is 0 Å². The van der Waals surface area contributed by atoms with Gasteiger partial charge in [0.2, 0.25) is 0 Å². The molecule has 118 valence electrons. The number of aromatic amines is 1. The second-order valence-corrected chi connectivity index (χ2v) is 5.62. The van der Waals surface area contributed by atoms with E-state index in [0.717, 1.165) is 32.4 Å². The Balaban J connectivity index is 2.46. The molecule has 1 aromatic heterocycles. The standard InChI is InChI=1S/C16H21ClN4O/c1-2-3-4-12(5-8-18)15-20-14(13(17)16(22)21-15)11-6-9-19-10-7-11/h3-5,8,11,18-19H,2,6-7,9-10H2,1H3,(H,20,21,22)/b4-3-,12-5+,18-8?. The molecule has 0 atom stereocenters. The molecule has 0 unspecified atom stereocenters. The molecule has 0 aliphatic carbocycles. The van der Waals surface area contributed by atoms with Gasteiger partial charge in [-0.15, -0.1) is 0 Å². The predicted octanol–water partition coefficient (Wildman–Crippen LogP) is 2.89. The average Bonchev–Trinajstić information content (AvgIpc) is 2.54. The molecular formula is C16H21ClN4O. The highest BCUT2D eigenvalue weighted by molar-refractivity contribution is 6.31. The fourth-order valence-electron chi connectivity index (χ4n) is 2.53. The summed E-state index contributed by atoms with van der Waals surface area (Å²) in [4.78, 5) is 19.4. The number of hydrogen-bond acceptors (Lipinski definition) is 4. The summed E-state index contributed by atoms with van der Waals surface area (Å²) in [5, 5.41) is 10.8. The first-order valence-electron chi connectivity index (χ1n) is 7.55. The average molecular weight is 321 g/mol. The SMILES string of the molecule is CC/C=C\C(=C/C=N)c1nc(C2CCNCC2)c(Cl)c(=O)[nH]1. The molecule has 0 amide bonds. The topological polar surface area (TPSA) is 81.6 Å². The lowest BCUT2D eigenvalue weighted by Crippen LogP contribution is -2.28. The summed E-state index contributed by atoms with van der Waals surface area (Å²) in [6.45, 7) is 3.84. The van der Waals surface area contributed by atoms with Crippen LogP contribution in [0.1, 0.15) is 43.6 Å². The van der Waals surface area contributed by atoms with Gasteiger partial charge >= 0.3 is 0 Å². The van der Waals surface area contributed by atoms with Gasteiger partial charge in [0.1, 0.15) is 10.8 Å².